The van der Waals surface area contributed by atoms with E-state index in [-0.39, 0.29) is 46.9 Å². The first kappa shape index (κ1) is 31.7. The van der Waals surface area contributed by atoms with Crippen LogP contribution in [0.15, 0.2) is 36.5 Å². The maximum atomic E-state index is 14.5. The fraction of sp³-hybridized carbons (Fsp3) is 0.414. The third kappa shape index (κ3) is 7.15. The number of ether oxygens (including phenoxy) is 3. The highest BCUT2D eigenvalue weighted by Crippen LogP contribution is 2.40. The van der Waals surface area contributed by atoms with E-state index in [4.69, 9.17) is 25.8 Å². The van der Waals surface area contributed by atoms with Crippen molar-refractivity contribution in [3.63, 3.8) is 0 Å². The van der Waals surface area contributed by atoms with Crippen molar-refractivity contribution < 1.29 is 36.6 Å². The first-order chi connectivity index (χ1) is 20.9. The molecule has 2 aliphatic heterocycles. The van der Waals surface area contributed by atoms with Crippen LogP contribution >= 0.6 is 11.6 Å². The molecule has 1 amide bonds. The number of aromatic nitrogens is 2. The maximum Gasteiger partial charge on any atom is 0.423 e. The summed E-state index contributed by atoms with van der Waals surface area (Å²) in [7, 11) is 5.01. The standard InChI is InChI=1S/C29H31ClF4N6O4/c1-39-8-7-22(21(31)13-39)36-26(41)17-9-25(42-3)23(10-20(17)30)37-28-35-11-19(29(32,33)34)27(38-28)44-24-6-4-5-16-12-40(2)15-43-14-18(16)24/h4-6,9-11,21-22H,7-8,12-15H2,1-3H3,(H,36,41)(H,35,37,38)/t21-,22+/m1/s1. The zero-order valence-electron chi connectivity index (χ0n) is 24.2. The summed E-state index contributed by atoms with van der Waals surface area (Å²) in [6.45, 7) is 1.84. The summed E-state index contributed by atoms with van der Waals surface area (Å²) in [5.74, 6) is -1.26. The lowest BCUT2D eigenvalue weighted by Crippen LogP contribution is -2.51. The molecule has 0 saturated carbocycles. The Balaban J connectivity index is 1.42. The van der Waals surface area contributed by atoms with Gasteiger partial charge in [0.15, 0.2) is 0 Å². The van der Waals surface area contributed by atoms with Crippen LogP contribution in [0, 0.1) is 0 Å². The van der Waals surface area contributed by atoms with Gasteiger partial charge in [-0.05, 0) is 44.3 Å². The SMILES string of the molecule is COc1cc(C(=O)N[C@H]2CCN(C)C[C@H]2F)c(Cl)cc1Nc1ncc(C(F)(F)F)c(Oc2cccc3c2COCN(C)C3)n1. The monoisotopic (exact) mass is 638 g/mol. The van der Waals surface area contributed by atoms with E-state index in [1.165, 1.54) is 19.2 Å². The number of benzene rings is 2. The summed E-state index contributed by atoms with van der Waals surface area (Å²) in [5.41, 5.74) is 0.497. The molecule has 2 aromatic carbocycles. The number of hydrogen-bond donors (Lipinski definition) is 2. The number of hydrogen-bond acceptors (Lipinski definition) is 9. The third-order valence-electron chi connectivity index (χ3n) is 7.34. The highest BCUT2D eigenvalue weighted by Gasteiger charge is 2.37. The minimum absolute atomic E-state index is 0.00512. The number of amides is 1. The first-order valence-electron chi connectivity index (χ1n) is 13.7. The summed E-state index contributed by atoms with van der Waals surface area (Å²) in [5, 5.41) is 5.48. The molecule has 1 saturated heterocycles. The van der Waals surface area contributed by atoms with Gasteiger partial charge in [0.2, 0.25) is 11.8 Å². The topological polar surface area (TPSA) is 101 Å². The number of carbonyl (C=O) groups excluding carboxylic acids is 1. The minimum Gasteiger partial charge on any atom is -0.495 e. The van der Waals surface area contributed by atoms with Gasteiger partial charge in [0.05, 0.1) is 42.8 Å². The molecule has 2 aliphatic rings. The number of fused-ring (bicyclic) bond motifs is 1. The van der Waals surface area contributed by atoms with Gasteiger partial charge in [0.1, 0.15) is 23.2 Å². The lowest BCUT2D eigenvalue weighted by Gasteiger charge is -2.32. The molecule has 2 N–H and O–H groups in total. The van der Waals surface area contributed by atoms with Crippen molar-refractivity contribution >= 4 is 29.1 Å². The van der Waals surface area contributed by atoms with Gasteiger partial charge < -0.3 is 29.7 Å². The van der Waals surface area contributed by atoms with Crippen LogP contribution in [-0.4, -0.2) is 78.9 Å². The Morgan fingerprint density at radius 1 is 1.18 bits per heavy atom. The van der Waals surface area contributed by atoms with Crippen molar-refractivity contribution in [3.8, 4) is 17.4 Å². The second-order valence-electron chi connectivity index (χ2n) is 10.7. The lowest BCUT2D eigenvalue weighted by molar-refractivity contribution is -0.139. The lowest BCUT2D eigenvalue weighted by atomic mass is 10.0. The van der Waals surface area contributed by atoms with Crippen LogP contribution in [0.5, 0.6) is 17.4 Å². The number of rotatable bonds is 7. The van der Waals surface area contributed by atoms with E-state index in [1.807, 2.05) is 22.9 Å². The van der Waals surface area contributed by atoms with Crippen LogP contribution < -0.4 is 20.1 Å². The number of piperidine rings is 1. The van der Waals surface area contributed by atoms with Crippen molar-refractivity contribution in [1.29, 1.82) is 0 Å². The van der Waals surface area contributed by atoms with Gasteiger partial charge >= 0.3 is 6.18 Å². The van der Waals surface area contributed by atoms with Gasteiger partial charge in [0, 0.05) is 31.4 Å². The molecule has 0 aliphatic carbocycles. The van der Waals surface area contributed by atoms with Crippen molar-refractivity contribution in [3.05, 3.63) is 63.8 Å². The second-order valence-corrected chi connectivity index (χ2v) is 11.1. The summed E-state index contributed by atoms with van der Waals surface area (Å²) < 4.78 is 73.2. The average Bonchev–Trinajstić information content (AvgIpc) is 3.15. The number of likely N-dealkylation sites (tertiary alicyclic amines) is 1. The van der Waals surface area contributed by atoms with E-state index >= 15 is 0 Å². The molecular formula is C29H31ClF4N6O4. The van der Waals surface area contributed by atoms with Gasteiger partial charge in [0.25, 0.3) is 5.91 Å². The van der Waals surface area contributed by atoms with Crippen LogP contribution in [-0.2, 0) is 24.1 Å². The fourth-order valence-corrected chi connectivity index (χ4v) is 5.29. The largest absolute Gasteiger partial charge is 0.495 e. The van der Waals surface area contributed by atoms with E-state index in [9.17, 15) is 22.4 Å². The Kier molecular flexibility index (Phi) is 9.44. The number of anilines is 2. The van der Waals surface area contributed by atoms with E-state index < -0.39 is 35.7 Å². The van der Waals surface area contributed by atoms with Gasteiger partial charge in [-0.15, -0.1) is 0 Å². The maximum absolute atomic E-state index is 14.5. The Morgan fingerprint density at radius 2 is 1.98 bits per heavy atom. The smallest absolute Gasteiger partial charge is 0.423 e. The Labute approximate surface area is 256 Å². The zero-order chi connectivity index (χ0) is 31.6. The second kappa shape index (κ2) is 13.1. The first-order valence-corrected chi connectivity index (χ1v) is 14.1. The van der Waals surface area contributed by atoms with Crippen LogP contribution in [0.1, 0.15) is 33.5 Å². The molecule has 0 spiro atoms. The summed E-state index contributed by atoms with van der Waals surface area (Å²) in [6, 6.07) is 7.11. The third-order valence-corrected chi connectivity index (χ3v) is 7.65. The van der Waals surface area contributed by atoms with Crippen molar-refractivity contribution in [2.45, 2.75) is 38.0 Å². The molecule has 0 radical (unpaired) electrons. The van der Waals surface area contributed by atoms with Crippen molar-refractivity contribution in [1.82, 2.24) is 25.1 Å². The molecule has 0 unspecified atom stereocenters. The normalized spacial score (nSPS) is 19.5. The number of alkyl halides is 4. The van der Waals surface area contributed by atoms with Crippen LogP contribution in [0.4, 0.5) is 29.2 Å². The van der Waals surface area contributed by atoms with E-state index in [0.29, 0.717) is 38.0 Å². The summed E-state index contributed by atoms with van der Waals surface area (Å²) in [4.78, 5) is 24.6. The van der Waals surface area contributed by atoms with Crippen LogP contribution in [0.25, 0.3) is 0 Å². The number of nitrogens with zero attached hydrogens (tertiary/aromatic N) is 4. The fourth-order valence-electron chi connectivity index (χ4n) is 5.04. The number of halogens is 5. The van der Waals surface area contributed by atoms with Crippen molar-refractivity contribution in [2.75, 3.05) is 46.3 Å². The predicted molar refractivity (Wildman–Crippen MR) is 154 cm³/mol. The number of carbonyl (C=O) groups is 1. The van der Waals surface area contributed by atoms with Crippen LogP contribution in [0.2, 0.25) is 5.02 Å². The molecule has 15 heteroatoms. The molecule has 1 fully saturated rings. The Hall–Kier alpha value is -3.72. The molecule has 2 atom stereocenters. The molecule has 3 heterocycles. The highest BCUT2D eigenvalue weighted by molar-refractivity contribution is 6.34. The summed E-state index contributed by atoms with van der Waals surface area (Å²) in [6.07, 6.45) is -5.00. The van der Waals surface area contributed by atoms with Gasteiger partial charge in [-0.2, -0.15) is 18.2 Å². The molecule has 3 aromatic rings. The van der Waals surface area contributed by atoms with Crippen LogP contribution in [0.3, 0.4) is 0 Å². The molecular weight excluding hydrogens is 608 g/mol. The highest BCUT2D eigenvalue weighted by atomic mass is 35.5. The average molecular weight is 639 g/mol. The van der Waals surface area contributed by atoms with Crippen molar-refractivity contribution in [2.24, 2.45) is 0 Å². The minimum atomic E-state index is -4.81. The van der Waals surface area contributed by atoms with E-state index in [2.05, 4.69) is 20.6 Å². The van der Waals surface area contributed by atoms with Gasteiger partial charge in [-0.1, -0.05) is 23.7 Å². The van der Waals surface area contributed by atoms with E-state index in [0.717, 1.165) is 5.56 Å². The molecule has 44 heavy (non-hydrogen) atoms. The molecule has 0 bridgehead atoms. The molecule has 5 rings (SSSR count). The van der Waals surface area contributed by atoms with Gasteiger partial charge in [-0.3, -0.25) is 9.69 Å². The van der Waals surface area contributed by atoms with E-state index in [1.54, 1.807) is 19.2 Å². The Bertz CT molecular complexity index is 1530. The predicted octanol–water partition coefficient (Wildman–Crippen LogP) is 5.38. The number of methoxy groups -OCH3 is 1. The van der Waals surface area contributed by atoms with Gasteiger partial charge in [-0.25, -0.2) is 9.37 Å². The quantitative estimate of drug-likeness (QED) is 0.330. The summed E-state index contributed by atoms with van der Waals surface area (Å²) >= 11 is 6.42. The molecule has 1 aromatic heterocycles. The molecule has 10 nitrogen and oxygen atoms in total. The number of nitrogens with one attached hydrogen (secondary N) is 2. The molecule has 236 valence electrons. The Morgan fingerprint density at radius 3 is 2.70 bits per heavy atom. The zero-order valence-corrected chi connectivity index (χ0v) is 24.9.